The number of nitrogens with zero attached hydrogens (tertiary/aromatic N) is 3. The molecule has 9 heteroatoms. The van der Waals surface area contributed by atoms with Crippen molar-refractivity contribution in [2.24, 2.45) is 0 Å². The van der Waals surface area contributed by atoms with E-state index in [1.807, 2.05) is 0 Å². The van der Waals surface area contributed by atoms with Crippen molar-refractivity contribution >= 4 is 22.8 Å². The summed E-state index contributed by atoms with van der Waals surface area (Å²) in [6.07, 6.45) is 1.52. The van der Waals surface area contributed by atoms with Crippen molar-refractivity contribution in [3.63, 3.8) is 0 Å². The van der Waals surface area contributed by atoms with Crippen molar-refractivity contribution in [2.45, 2.75) is 13.1 Å². The predicted molar refractivity (Wildman–Crippen MR) is 96.1 cm³/mol. The lowest BCUT2D eigenvalue weighted by atomic mass is 10.3. The van der Waals surface area contributed by atoms with Crippen molar-refractivity contribution in [3.05, 3.63) is 59.3 Å². The highest BCUT2D eigenvalue weighted by atomic mass is 16.4. The van der Waals surface area contributed by atoms with Crippen molar-refractivity contribution < 1.29 is 18.7 Å². The molecule has 0 unspecified atom stereocenters. The number of aromatic nitrogens is 3. The molecule has 0 atom stereocenters. The molecule has 1 aromatic carbocycles. The average Bonchev–Trinajstić information content (AvgIpc) is 3.36. The highest BCUT2D eigenvalue weighted by Crippen LogP contribution is 2.22. The lowest BCUT2D eigenvalue weighted by Crippen LogP contribution is -2.26. The highest BCUT2D eigenvalue weighted by Gasteiger charge is 2.16. The van der Waals surface area contributed by atoms with Gasteiger partial charge in [0.15, 0.2) is 11.3 Å². The zero-order chi connectivity index (χ0) is 18.8. The first kappa shape index (κ1) is 16.9. The number of aliphatic hydroxyl groups is 1. The first-order valence-corrected chi connectivity index (χ1v) is 8.26. The first-order valence-electron chi connectivity index (χ1n) is 8.26. The van der Waals surface area contributed by atoms with Crippen LogP contribution < -0.4 is 11.1 Å². The van der Waals surface area contributed by atoms with Gasteiger partial charge in [0.1, 0.15) is 18.1 Å². The molecule has 0 fully saturated rings. The normalized spacial score (nSPS) is 11.1. The van der Waals surface area contributed by atoms with Crippen molar-refractivity contribution in [1.82, 2.24) is 14.3 Å². The fourth-order valence-electron chi connectivity index (χ4n) is 2.82. The Morgan fingerprint density at radius 3 is 2.85 bits per heavy atom. The number of anilines is 1. The Bertz CT molecular complexity index is 1140. The third-order valence-corrected chi connectivity index (χ3v) is 4.01. The molecule has 0 aliphatic carbocycles. The van der Waals surface area contributed by atoms with E-state index in [1.165, 1.54) is 15.5 Å². The van der Waals surface area contributed by atoms with Crippen molar-refractivity contribution in [2.75, 3.05) is 11.9 Å². The van der Waals surface area contributed by atoms with Gasteiger partial charge in [-0.1, -0.05) is 12.1 Å². The molecule has 3 aromatic heterocycles. The maximum atomic E-state index is 12.5. The maximum Gasteiger partial charge on any atom is 0.420 e. The second kappa shape index (κ2) is 6.96. The zero-order valence-corrected chi connectivity index (χ0v) is 14.2. The van der Waals surface area contributed by atoms with Gasteiger partial charge >= 0.3 is 5.76 Å². The van der Waals surface area contributed by atoms with Gasteiger partial charge in [0.25, 0.3) is 0 Å². The predicted octanol–water partition coefficient (Wildman–Crippen LogP) is 1.68. The van der Waals surface area contributed by atoms with Crippen LogP contribution in [0.4, 0.5) is 5.82 Å². The fraction of sp³-hybridized carbons (Fsp3) is 0.167. The third-order valence-electron chi connectivity index (χ3n) is 4.01. The minimum absolute atomic E-state index is 0.145. The molecular weight excluding hydrogens is 352 g/mol. The summed E-state index contributed by atoms with van der Waals surface area (Å²) in [4.78, 5) is 24.5. The summed E-state index contributed by atoms with van der Waals surface area (Å²) in [5.74, 6) is -0.0965. The number of benzene rings is 1. The number of amides is 1. The van der Waals surface area contributed by atoms with Crippen LogP contribution in [0.1, 0.15) is 0 Å². The van der Waals surface area contributed by atoms with E-state index in [0.717, 1.165) is 0 Å². The second-order valence-electron chi connectivity index (χ2n) is 5.81. The number of hydrogen-bond acceptors (Lipinski definition) is 6. The Morgan fingerprint density at radius 1 is 1.22 bits per heavy atom. The number of rotatable bonds is 6. The summed E-state index contributed by atoms with van der Waals surface area (Å²) in [5, 5.41) is 16.3. The molecular formula is C18H16N4O5. The van der Waals surface area contributed by atoms with E-state index in [9.17, 15) is 14.7 Å². The first-order chi connectivity index (χ1) is 13.2. The van der Waals surface area contributed by atoms with E-state index in [1.54, 1.807) is 42.5 Å². The maximum absolute atomic E-state index is 12.5. The van der Waals surface area contributed by atoms with Crippen molar-refractivity contribution in [1.29, 1.82) is 0 Å². The quantitative estimate of drug-likeness (QED) is 0.535. The molecule has 0 spiro atoms. The summed E-state index contributed by atoms with van der Waals surface area (Å²) in [6.45, 7) is -0.158. The molecule has 2 N–H and O–H groups in total. The summed E-state index contributed by atoms with van der Waals surface area (Å²) in [5.41, 5.74) is 1.48. The van der Waals surface area contributed by atoms with Crippen LogP contribution in [0.25, 0.3) is 22.6 Å². The molecule has 9 nitrogen and oxygen atoms in total. The van der Waals surface area contributed by atoms with Gasteiger partial charge in [-0.2, -0.15) is 5.10 Å². The largest absolute Gasteiger partial charge is 0.463 e. The van der Waals surface area contributed by atoms with E-state index in [4.69, 9.17) is 8.83 Å². The summed E-state index contributed by atoms with van der Waals surface area (Å²) in [6, 6.07) is 12.0. The van der Waals surface area contributed by atoms with Crippen LogP contribution in [0.15, 0.2) is 62.4 Å². The molecule has 0 aliphatic heterocycles. The second-order valence-corrected chi connectivity index (χ2v) is 5.81. The Kier molecular flexibility index (Phi) is 4.35. The number of nitrogens with one attached hydrogen (secondary N) is 1. The molecule has 138 valence electrons. The molecule has 0 saturated heterocycles. The van der Waals surface area contributed by atoms with Crippen LogP contribution in [-0.4, -0.2) is 32.0 Å². The number of carbonyl (C=O) groups is 1. The molecule has 3 heterocycles. The van der Waals surface area contributed by atoms with Gasteiger partial charge in [0, 0.05) is 6.07 Å². The van der Waals surface area contributed by atoms with Crippen LogP contribution in [0.5, 0.6) is 0 Å². The van der Waals surface area contributed by atoms with Gasteiger partial charge in [0.2, 0.25) is 5.91 Å². The summed E-state index contributed by atoms with van der Waals surface area (Å²) >= 11 is 0. The molecule has 4 rings (SSSR count). The summed E-state index contributed by atoms with van der Waals surface area (Å²) < 4.78 is 13.2. The lowest BCUT2D eigenvalue weighted by molar-refractivity contribution is -0.116. The SMILES string of the molecule is O=C(Cn1c(=O)oc2ccccc21)Nc1cc(-c2ccco2)nn1CCO. The van der Waals surface area contributed by atoms with E-state index in [2.05, 4.69) is 10.4 Å². The van der Waals surface area contributed by atoms with Crippen LogP contribution in [0.3, 0.4) is 0 Å². The topological polar surface area (TPSA) is 115 Å². The van der Waals surface area contributed by atoms with Crippen LogP contribution in [0, 0.1) is 0 Å². The highest BCUT2D eigenvalue weighted by molar-refractivity contribution is 5.91. The van der Waals surface area contributed by atoms with Gasteiger partial charge in [0.05, 0.1) is 24.9 Å². The van der Waals surface area contributed by atoms with E-state index < -0.39 is 11.7 Å². The average molecular weight is 368 g/mol. The van der Waals surface area contributed by atoms with E-state index >= 15 is 0 Å². The molecule has 1 amide bonds. The van der Waals surface area contributed by atoms with Crippen molar-refractivity contribution in [3.8, 4) is 11.5 Å². The minimum Gasteiger partial charge on any atom is -0.463 e. The Hall–Kier alpha value is -3.59. The number of aliphatic hydroxyl groups excluding tert-OH is 1. The van der Waals surface area contributed by atoms with Gasteiger partial charge in [-0.3, -0.25) is 9.36 Å². The number of carbonyl (C=O) groups excluding carboxylic acids is 1. The number of fused-ring (bicyclic) bond motifs is 1. The molecule has 0 saturated carbocycles. The van der Waals surface area contributed by atoms with Crippen LogP contribution in [-0.2, 0) is 17.9 Å². The van der Waals surface area contributed by atoms with Crippen LogP contribution in [0.2, 0.25) is 0 Å². The number of oxazole rings is 1. The van der Waals surface area contributed by atoms with Crippen LogP contribution >= 0.6 is 0 Å². The molecule has 0 aliphatic rings. The molecule has 0 bridgehead atoms. The number of hydrogen-bond donors (Lipinski definition) is 2. The molecule has 0 radical (unpaired) electrons. The van der Waals surface area contributed by atoms with Gasteiger partial charge < -0.3 is 19.3 Å². The smallest absolute Gasteiger partial charge is 0.420 e. The molecule has 27 heavy (non-hydrogen) atoms. The van der Waals surface area contributed by atoms with Gasteiger partial charge in [-0.25, -0.2) is 9.48 Å². The fourth-order valence-corrected chi connectivity index (χ4v) is 2.82. The Balaban J connectivity index is 1.59. The van der Waals surface area contributed by atoms with Gasteiger partial charge in [-0.05, 0) is 24.3 Å². The summed E-state index contributed by atoms with van der Waals surface area (Å²) in [7, 11) is 0. The monoisotopic (exact) mass is 368 g/mol. The Morgan fingerprint density at radius 2 is 2.07 bits per heavy atom. The van der Waals surface area contributed by atoms with E-state index in [-0.39, 0.29) is 19.7 Å². The minimum atomic E-state index is -0.605. The molecule has 4 aromatic rings. The third kappa shape index (κ3) is 3.27. The zero-order valence-electron chi connectivity index (χ0n) is 14.2. The standard InChI is InChI=1S/C18H16N4O5/c23-8-7-22-16(10-12(20-22)14-6-3-9-26-14)19-17(24)11-21-13-4-1-2-5-15(13)27-18(21)25/h1-6,9-10,23H,7-8,11H2,(H,19,24). The van der Waals surface area contributed by atoms with Gasteiger partial charge in [-0.15, -0.1) is 0 Å². The number of furan rings is 1. The lowest BCUT2D eigenvalue weighted by Gasteiger charge is -2.07. The van der Waals surface area contributed by atoms with E-state index in [0.29, 0.717) is 28.4 Å². The Labute approximate surface area is 152 Å². The number of para-hydroxylation sites is 2.